The third kappa shape index (κ3) is 4.40. The second kappa shape index (κ2) is 10.9. The van der Waals surface area contributed by atoms with Crippen LogP contribution in [-0.2, 0) is 0 Å². The van der Waals surface area contributed by atoms with E-state index in [4.69, 9.17) is 10.1 Å². The van der Waals surface area contributed by atoms with Gasteiger partial charge in [0.2, 0.25) is 0 Å². The molecule has 4 aromatic carbocycles. The standard InChI is InChI=1S/C34H24N4.C2H6/c1-24-22-33-34(29-17-9-10-18-31(29)37(33)26-14-6-3-7-15-26)36-38(32-19-11-8-16-28(24)32)27-20-21-30(35-23-27)25-12-4-2-5-13-25;1-2/h2-23H,1H2;1-2H3/b33-22+,36-34-;. The van der Waals surface area contributed by atoms with Crippen LogP contribution in [-0.4, -0.2) is 9.55 Å². The first kappa shape index (κ1) is 25.1. The molecule has 0 amide bonds. The average Bonchev–Trinajstić information content (AvgIpc) is 3.33. The molecule has 6 aromatic rings. The molecular formula is C36H30N4. The fourth-order valence-corrected chi connectivity index (χ4v) is 5.15. The summed E-state index contributed by atoms with van der Waals surface area (Å²) < 4.78 is 2.27. The highest BCUT2D eigenvalue weighted by Gasteiger charge is 2.20. The van der Waals surface area contributed by atoms with Crippen molar-refractivity contribution in [3.8, 4) is 16.9 Å². The molecule has 0 saturated heterocycles. The van der Waals surface area contributed by atoms with Gasteiger partial charge in [-0.25, -0.2) is 5.01 Å². The lowest BCUT2D eigenvalue weighted by Crippen LogP contribution is -2.33. The molecule has 0 unspecified atom stereocenters. The number of benzene rings is 4. The summed E-state index contributed by atoms with van der Waals surface area (Å²) >= 11 is 0. The van der Waals surface area contributed by atoms with E-state index in [-0.39, 0.29) is 0 Å². The first-order valence-electron chi connectivity index (χ1n) is 13.6. The summed E-state index contributed by atoms with van der Waals surface area (Å²) in [7, 11) is 0. The quantitative estimate of drug-likeness (QED) is 0.239. The highest BCUT2D eigenvalue weighted by atomic mass is 15.5. The van der Waals surface area contributed by atoms with Crippen molar-refractivity contribution in [2.45, 2.75) is 13.8 Å². The van der Waals surface area contributed by atoms with Crippen molar-refractivity contribution in [1.29, 1.82) is 0 Å². The number of allylic oxidation sites excluding steroid dienone is 1. The van der Waals surface area contributed by atoms with Crippen molar-refractivity contribution in [3.05, 3.63) is 150 Å². The maximum absolute atomic E-state index is 5.32. The number of pyridine rings is 1. The lowest BCUT2D eigenvalue weighted by Gasteiger charge is -2.23. The van der Waals surface area contributed by atoms with Gasteiger partial charge < -0.3 is 4.57 Å². The lowest BCUT2D eigenvalue weighted by molar-refractivity contribution is 0.984. The van der Waals surface area contributed by atoms with Gasteiger partial charge in [-0.15, -0.1) is 0 Å². The zero-order valence-corrected chi connectivity index (χ0v) is 22.7. The van der Waals surface area contributed by atoms with E-state index in [0.717, 1.165) is 61.1 Å². The van der Waals surface area contributed by atoms with Gasteiger partial charge in [-0.2, -0.15) is 5.10 Å². The number of anilines is 2. The van der Waals surface area contributed by atoms with Crippen LogP contribution in [0.5, 0.6) is 0 Å². The molecule has 0 aliphatic carbocycles. The maximum Gasteiger partial charge on any atom is 0.117 e. The van der Waals surface area contributed by atoms with Crippen LogP contribution in [0.15, 0.2) is 139 Å². The Bertz CT molecular complexity index is 1920. The average molecular weight is 519 g/mol. The summed E-state index contributed by atoms with van der Waals surface area (Å²) in [4.78, 5) is 4.80. The van der Waals surface area contributed by atoms with Gasteiger partial charge in [-0.1, -0.05) is 105 Å². The number of nitrogens with zero attached hydrogens (tertiary/aromatic N) is 4. The van der Waals surface area contributed by atoms with Crippen LogP contribution in [0.1, 0.15) is 19.4 Å². The van der Waals surface area contributed by atoms with Crippen LogP contribution in [0.2, 0.25) is 0 Å². The van der Waals surface area contributed by atoms with Crippen molar-refractivity contribution >= 4 is 33.9 Å². The molecule has 2 aromatic heterocycles. The molecule has 4 heteroatoms. The summed E-state index contributed by atoms with van der Waals surface area (Å²) in [6.07, 6.45) is 4.05. The first-order valence-corrected chi connectivity index (χ1v) is 13.6. The molecule has 1 aliphatic heterocycles. The van der Waals surface area contributed by atoms with Crippen LogP contribution in [0, 0.1) is 0 Å². The van der Waals surface area contributed by atoms with Gasteiger partial charge >= 0.3 is 0 Å². The lowest BCUT2D eigenvalue weighted by atomic mass is 10.0. The van der Waals surface area contributed by atoms with Gasteiger partial charge in [0.15, 0.2) is 0 Å². The zero-order chi connectivity index (χ0) is 27.5. The molecule has 1 aliphatic rings. The van der Waals surface area contributed by atoms with Crippen molar-refractivity contribution in [2.75, 3.05) is 5.01 Å². The van der Waals surface area contributed by atoms with Crippen molar-refractivity contribution in [3.63, 3.8) is 0 Å². The molecule has 0 radical (unpaired) electrons. The van der Waals surface area contributed by atoms with Gasteiger partial charge in [0.1, 0.15) is 5.36 Å². The predicted octanol–water partition coefficient (Wildman–Crippen LogP) is 7.90. The highest BCUT2D eigenvalue weighted by Crippen LogP contribution is 2.34. The number of rotatable bonds is 3. The molecule has 0 bridgehead atoms. The number of hydrogen-bond donors (Lipinski definition) is 0. The van der Waals surface area contributed by atoms with Crippen LogP contribution in [0.4, 0.5) is 11.4 Å². The fourth-order valence-electron chi connectivity index (χ4n) is 5.15. The Hall–Kier alpha value is -5.22. The van der Waals surface area contributed by atoms with E-state index in [2.05, 4.69) is 102 Å². The monoisotopic (exact) mass is 518 g/mol. The SMILES string of the molecule is C=C1/C=c2\c(c3ccccc3n2-c2ccccc2)=N/N(c2ccc(-c3ccccc3)nc2)c2ccccc21.CC. The number of hydrogen-bond acceptors (Lipinski definition) is 3. The highest BCUT2D eigenvalue weighted by molar-refractivity contribution is 5.95. The Labute approximate surface area is 234 Å². The molecule has 194 valence electrons. The third-order valence-electron chi connectivity index (χ3n) is 6.95. The predicted molar refractivity (Wildman–Crippen MR) is 167 cm³/mol. The summed E-state index contributed by atoms with van der Waals surface area (Å²) in [5, 5.41) is 10.3. The zero-order valence-electron chi connectivity index (χ0n) is 22.7. The Morgan fingerprint density at radius 1 is 0.650 bits per heavy atom. The molecule has 7 rings (SSSR count). The van der Waals surface area contributed by atoms with E-state index in [1.165, 1.54) is 0 Å². The Morgan fingerprint density at radius 3 is 2.08 bits per heavy atom. The van der Waals surface area contributed by atoms with E-state index >= 15 is 0 Å². The van der Waals surface area contributed by atoms with E-state index in [0.29, 0.717) is 0 Å². The minimum Gasteiger partial charge on any atom is -0.308 e. The second-order valence-corrected chi connectivity index (χ2v) is 9.29. The Kier molecular flexibility index (Phi) is 6.82. The van der Waals surface area contributed by atoms with Gasteiger partial charge in [0.05, 0.1) is 34.1 Å². The van der Waals surface area contributed by atoms with Crippen LogP contribution in [0.25, 0.3) is 39.5 Å². The number of fused-ring (bicyclic) bond motifs is 4. The van der Waals surface area contributed by atoms with Crippen LogP contribution in [0.3, 0.4) is 0 Å². The van der Waals surface area contributed by atoms with E-state index in [1.807, 2.05) is 61.5 Å². The second-order valence-electron chi connectivity index (χ2n) is 9.29. The molecular weight excluding hydrogens is 488 g/mol. The summed E-state index contributed by atoms with van der Waals surface area (Å²) in [5.74, 6) is 0. The molecule has 40 heavy (non-hydrogen) atoms. The maximum atomic E-state index is 5.32. The van der Waals surface area contributed by atoms with Crippen molar-refractivity contribution in [1.82, 2.24) is 9.55 Å². The van der Waals surface area contributed by atoms with Gasteiger partial charge in [0, 0.05) is 22.2 Å². The van der Waals surface area contributed by atoms with Crippen molar-refractivity contribution in [2.24, 2.45) is 5.10 Å². The van der Waals surface area contributed by atoms with Gasteiger partial charge in [0.25, 0.3) is 0 Å². The molecule has 3 heterocycles. The van der Waals surface area contributed by atoms with E-state index in [1.54, 1.807) is 0 Å². The summed E-state index contributed by atoms with van der Waals surface area (Å²) in [6.45, 7) is 8.49. The van der Waals surface area contributed by atoms with Crippen molar-refractivity contribution < 1.29 is 0 Å². The minimum absolute atomic E-state index is 0.884. The topological polar surface area (TPSA) is 33.4 Å². The molecule has 0 spiro atoms. The minimum atomic E-state index is 0.884. The molecule has 0 N–H and O–H groups in total. The fraction of sp³-hybridized carbons (Fsp3) is 0.0556. The normalized spacial score (nSPS) is 13.8. The summed E-state index contributed by atoms with van der Waals surface area (Å²) in [6, 6.07) is 41.5. The van der Waals surface area contributed by atoms with E-state index < -0.39 is 0 Å². The molecule has 0 atom stereocenters. The smallest absolute Gasteiger partial charge is 0.117 e. The number of aromatic nitrogens is 2. The first-order chi connectivity index (χ1) is 19.8. The molecule has 0 fully saturated rings. The summed E-state index contributed by atoms with van der Waals surface area (Å²) in [5.41, 5.74) is 7.99. The van der Waals surface area contributed by atoms with E-state index in [9.17, 15) is 0 Å². The molecule has 4 nitrogen and oxygen atoms in total. The van der Waals surface area contributed by atoms with Crippen LogP contribution < -0.4 is 15.7 Å². The van der Waals surface area contributed by atoms with Gasteiger partial charge in [-0.05, 0) is 48.0 Å². The van der Waals surface area contributed by atoms with Gasteiger partial charge in [-0.3, -0.25) is 4.98 Å². The number of para-hydroxylation sites is 3. The Balaban J connectivity index is 0.00000142. The third-order valence-corrected chi connectivity index (χ3v) is 6.95. The molecule has 0 saturated carbocycles. The largest absolute Gasteiger partial charge is 0.308 e. The Morgan fingerprint density at radius 2 is 1.32 bits per heavy atom. The van der Waals surface area contributed by atoms with Crippen LogP contribution >= 0.6 is 0 Å².